The van der Waals surface area contributed by atoms with Gasteiger partial charge in [0, 0.05) is 24.5 Å². The van der Waals surface area contributed by atoms with Crippen LogP contribution in [0.3, 0.4) is 0 Å². The zero-order valence-corrected chi connectivity index (χ0v) is 11.6. The Bertz CT molecular complexity index is 586. The normalized spacial score (nSPS) is 14.6. The van der Waals surface area contributed by atoms with Gasteiger partial charge in [0.1, 0.15) is 0 Å². The van der Waals surface area contributed by atoms with Gasteiger partial charge in [-0.1, -0.05) is 12.1 Å². The van der Waals surface area contributed by atoms with Gasteiger partial charge >= 0.3 is 0 Å². The van der Waals surface area contributed by atoms with Crippen LogP contribution in [0.15, 0.2) is 36.5 Å². The number of pyridine rings is 1. The molecule has 98 valence electrons. The lowest BCUT2D eigenvalue weighted by atomic mass is 9.98. The molecule has 2 heteroatoms. The number of benzene rings is 1. The Balaban J connectivity index is 1.88. The van der Waals surface area contributed by atoms with Gasteiger partial charge in [0.15, 0.2) is 0 Å². The predicted octanol–water partition coefficient (Wildman–Crippen LogP) is 3.62. The summed E-state index contributed by atoms with van der Waals surface area (Å²) >= 11 is 0. The molecule has 2 aromatic rings. The van der Waals surface area contributed by atoms with Gasteiger partial charge in [0.25, 0.3) is 0 Å². The molecule has 3 rings (SSSR count). The summed E-state index contributed by atoms with van der Waals surface area (Å²) in [5.41, 5.74) is 6.33. The molecule has 1 aromatic carbocycles. The van der Waals surface area contributed by atoms with Crippen molar-refractivity contribution in [3.63, 3.8) is 0 Å². The van der Waals surface area contributed by atoms with Gasteiger partial charge in [-0.25, -0.2) is 0 Å². The van der Waals surface area contributed by atoms with Crippen molar-refractivity contribution in [1.29, 1.82) is 0 Å². The third-order valence-corrected chi connectivity index (χ3v) is 3.68. The summed E-state index contributed by atoms with van der Waals surface area (Å²) in [5, 5.41) is 3.57. The van der Waals surface area contributed by atoms with E-state index >= 15 is 0 Å². The summed E-state index contributed by atoms with van der Waals surface area (Å²) in [6.07, 6.45) is 4.56. The third-order valence-electron chi connectivity index (χ3n) is 3.68. The number of nitrogens with one attached hydrogen (secondary N) is 1. The van der Waals surface area contributed by atoms with Crippen molar-refractivity contribution >= 4 is 0 Å². The second-order valence-corrected chi connectivity index (χ2v) is 5.49. The quantitative estimate of drug-likeness (QED) is 0.899. The molecule has 0 saturated heterocycles. The van der Waals surface area contributed by atoms with Crippen LogP contribution in [-0.2, 0) is 6.54 Å². The lowest BCUT2D eigenvalue weighted by molar-refractivity contribution is 0.688. The van der Waals surface area contributed by atoms with Crippen molar-refractivity contribution in [2.45, 2.75) is 39.3 Å². The van der Waals surface area contributed by atoms with Crippen molar-refractivity contribution in [2.24, 2.45) is 0 Å². The Kier molecular flexibility index (Phi) is 3.34. The first kappa shape index (κ1) is 12.4. The Hall–Kier alpha value is -1.67. The molecule has 1 aromatic heterocycles. The first-order valence-corrected chi connectivity index (χ1v) is 6.98. The first-order valence-electron chi connectivity index (χ1n) is 6.98. The average Bonchev–Trinajstić information content (AvgIpc) is 3.22. The van der Waals surface area contributed by atoms with E-state index in [1.165, 1.54) is 35.1 Å². The van der Waals surface area contributed by atoms with Crippen LogP contribution in [0.25, 0.3) is 11.1 Å². The molecule has 0 unspecified atom stereocenters. The summed E-state index contributed by atoms with van der Waals surface area (Å²) in [6, 6.07) is 11.7. The topological polar surface area (TPSA) is 24.9 Å². The highest BCUT2D eigenvalue weighted by atomic mass is 14.9. The molecule has 2 nitrogen and oxygen atoms in total. The van der Waals surface area contributed by atoms with Crippen LogP contribution in [0.4, 0.5) is 0 Å². The molecule has 0 amide bonds. The number of rotatable bonds is 4. The van der Waals surface area contributed by atoms with Gasteiger partial charge in [-0.05, 0) is 67.1 Å². The number of aryl methyl sites for hydroxylation is 2. The van der Waals surface area contributed by atoms with Crippen LogP contribution in [0, 0.1) is 13.8 Å². The molecule has 1 N–H and O–H groups in total. The first-order chi connectivity index (χ1) is 9.22. The van der Waals surface area contributed by atoms with Crippen molar-refractivity contribution in [3.05, 3.63) is 53.3 Å². The molecule has 19 heavy (non-hydrogen) atoms. The van der Waals surface area contributed by atoms with Gasteiger partial charge in [-0.2, -0.15) is 0 Å². The Labute approximate surface area is 114 Å². The van der Waals surface area contributed by atoms with Crippen LogP contribution in [0.5, 0.6) is 0 Å². The zero-order valence-electron chi connectivity index (χ0n) is 11.6. The van der Waals surface area contributed by atoms with Gasteiger partial charge in [0.05, 0.1) is 0 Å². The molecule has 0 radical (unpaired) electrons. The highest BCUT2D eigenvalue weighted by Gasteiger charge is 2.19. The molecule has 1 heterocycles. The van der Waals surface area contributed by atoms with Crippen LogP contribution in [0.1, 0.15) is 29.7 Å². The number of hydrogen-bond acceptors (Lipinski definition) is 2. The van der Waals surface area contributed by atoms with E-state index in [-0.39, 0.29) is 0 Å². The van der Waals surface area contributed by atoms with E-state index in [2.05, 4.69) is 47.6 Å². The summed E-state index contributed by atoms with van der Waals surface area (Å²) in [6.45, 7) is 5.18. The molecule has 1 aliphatic carbocycles. The average molecular weight is 252 g/mol. The smallest absolute Gasteiger partial charge is 0.0378 e. The fraction of sp³-hybridized carbons (Fsp3) is 0.353. The monoisotopic (exact) mass is 252 g/mol. The molecule has 0 aliphatic heterocycles. The van der Waals surface area contributed by atoms with E-state index < -0.39 is 0 Å². The highest BCUT2D eigenvalue weighted by molar-refractivity contribution is 5.67. The van der Waals surface area contributed by atoms with Crippen LogP contribution in [0.2, 0.25) is 0 Å². The minimum absolute atomic E-state index is 0.757. The standard InChI is InChI=1S/C17H20N2/c1-12-3-4-14(11-19-16-5-6-16)10-17(12)15-7-8-18-13(2)9-15/h3-4,7-10,16,19H,5-6,11H2,1-2H3. The van der Waals surface area contributed by atoms with Crippen molar-refractivity contribution < 1.29 is 0 Å². The summed E-state index contributed by atoms with van der Waals surface area (Å²) in [4.78, 5) is 4.27. The van der Waals surface area contributed by atoms with Gasteiger partial charge in [-0.15, -0.1) is 0 Å². The zero-order chi connectivity index (χ0) is 13.2. The molecular weight excluding hydrogens is 232 g/mol. The fourth-order valence-corrected chi connectivity index (χ4v) is 2.35. The van der Waals surface area contributed by atoms with Gasteiger partial charge < -0.3 is 5.32 Å². The van der Waals surface area contributed by atoms with Crippen molar-refractivity contribution in [3.8, 4) is 11.1 Å². The van der Waals surface area contributed by atoms with E-state index in [1.807, 2.05) is 13.1 Å². The maximum atomic E-state index is 4.27. The molecule has 1 fully saturated rings. The Morgan fingerprint density at radius 3 is 2.74 bits per heavy atom. The number of aromatic nitrogens is 1. The van der Waals surface area contributed by atoms with Gasteiger partial charge in [0.2, 0.25) is 0 Å². The summed E-state index contributed by atoms with van der Waals surface area (Å²) in [7, 11) is 0. The minimum Gasteiger partial charge on any atom is -0.310 e. The Morgan fingerprint density at radius 2 is 2.00 bits per heavy atom. The number of hydrogen-bond donors (Lipinski definition) is 1. The molecule has 1 aliphatic rings. The molecule has 0 spiro atoms. The van der Waals surface area contributed by atoms with E-state index in [4.69, 9.17) is 0 Å². The maximum absolute atomic E-state index is 4.27. The predicted molar refractivity (Wildman–Crippen MR) is 79.0 cm³/mol. The second kappa shape index (κ2) is 5.14. The molecule has 1 saturated carbocycles. The Morgan fingerprint density at radius 1 is 1.16 bits per heavy atom. The van der Waals surface area contributed by atoms with Crippen LogP contribution < -0.4 is 5.32 Å². The van der Waals surface area contributed by atoms with Crippen LogP contribution in [-0.4, -0.2) is 11.0 Å². The molecular formula is C17H20N2. The van der Waals surface area contributed by atoms with E-state index in [0.29, 0.717) is 0 Å². The van der Waals surface area contributed by atoms with E-state index in [1.54, 1.807) is 0 Å². The summed E-state index contributed by atoms with van der Waals surface area (Å²) < 4.78 is 0. The lowest BCUT2D eigenvalue weighted by Gasteiger charge is -2.10. The van der Waals surface area contributed by atoms with E-state index in [0.717, 1.165) is 18.3 Å². The minimum atomic E-state index is 0.757. The third kappa shape index (κ3) is 3.02. The fourth-order valence-electron chi connectivity index (χ4n) is 2.35. The van der Waals surface area contributed by atoms with Crippen molar-refractivity contribution in [2.75, 3.05) is 0 Å². The van der Waals surface area contributed by atoms with E-state index in [9.17, 15) is 0 Å². The maximum Gasteiger partial charge on any atom is 0.0378 e. The highest BCUT2D eigenvalue weighted by Crippen LogP contribution is 2.25. The molecule has 0 bridgehead atoms. The number of nitrogens with zero attached hydrogens (tertiary/aromatic N) is 1. The SMILES string of the molecule is Cc1cc(-c2cc(CNC3CC3)ccc2C)ccn1. The van der Waals surface area contributed by atoms with Crippen molar-refractivity contribution in [1.82, 2.24) is 10.3 Å². The molecule has 0 atom stereocenters. The lowest BCUT2D eigenvalue weighted by Crippen LogP contribution is -2.15. The van der Waals surface area contributed by atoms with Crippen LogP contribution >= 0.6 is 0 Å². The summed E-state index contributed by atoms with van der Waals surface area (Å²) in [5.74, 6) is 0. The largest absolute Gasteiger partial charge is 0.310 e. The second-order valence-electron chi connectivity index (χ2n) is 5.49. The van der Waals surface area contributed by atoms with Gasteiger partial charge in [-0.3, -0.25) is 4.98 Å².